The summed E-state index contributed by atoms with van der Waals surface area (Å²) in [7, 11) is 1.65. The Labute approximate surface area is 207 Å². The maximum atomic E-state index is 13.5. The number of hydrogen-bond donors (Lipinski definition) is 1. The molecule has 1 aromatic heterocycles. The molecule has 4 rings (SSSR count). The van der Waals surface area contributed by atoms with Crippen molar-refractivity contribution in [2.45, 2.75) is 83.1 Å². The highest BCUT2D eigenvalue weighted by molar-refractivity contribution is 5.82. The Kier molecular flexibility index (Phi) is 8.42. The van der Waals surface area contributed by atoms with E-state index in [1.165, 1.54) is 0 Å². The van der Waals surface area contributed by atoms with Gasteiger partial charge in [-0.25, -0.2) is 0 Å². The molecule has 1 aliphatic carbocycles. The summed E-state index contributed by atoms with van der Waals surface area (Å²) < 4.78 is 10.8. The lowest BCUT2D eigenvalue weighted by atomic mass is 9.99. The number of nitrogens with one attached hydrogen (secondary N) is 1. The van der Waals surface area contributed by atoms with E-state index in [1.807, 2.05) is 43.0 Å². The van der Waals surface area contributed by atoms with Crippen LogP contribution in [0.1, 0.15) is 87.9 Å². The van der Waals surface area contributed by atoms with E-state index in [0.29, 0.717) is 50.5 Å². The molecule has 1 saturated carbocycles. The molecule has 0 spiro atoms. The van der Waals surface area contributed by atoms with Crippen molar-refractivity contribution in [2.24, 2.45) is 5.92 Å². The second kappa shape index (κ2) is 11.7. The monoisotopic (exact) mass is 482 g/mol. The van der Waals surface area contributed by atoms with Gasteiger partial charge in [0.1, 0.15) is 5.75 Å². The summed E-state index contributed by atoms with van der Waals surface area (Å²) in [5.74, 6) is 2.12. The number of fused-ring (bicyclic) bond motifs is 1. The quantitative estimate of drug-likeness (QED) is 0.662. The van der Waals surface area contributed by atoms with Crippen molar-refractivity contribution in [1.82, 2.24) is 20.4 Å². The number of amides is 2. The number of rotatable bonds is 6. The van der Waals surface area contributed by atoms with Crippen molar-refractivity contribution in [1.29, 1.82) is 0 Å². The number of carbonyl (C=O) groups is 2. The van der Waals surface area contributed by atoms with Gasteiger partial charge in [0.2, 0.25) is 17.7 Å². The first kappa shape index (κ1) is 25.2. The first-order valence-corrected chi connectivity index (χ1v) is 13.0. The Bertz CT molecular complexity index is 987. The molecule has 0 bridgehead atoms. The zero-order valence-electron chi connectivity index (χ0n) is 21.2. The second-order valence-electron chi connectivity index (χ2n) is 10.1. The Morgan fingerprint density at radius 1 is 1.17 bits per heavy atom. The summed E-state index contributed by atoms with van der Waals surface area (Å²) in [4.78, 5) is 33.3. The Hall–Kier alpha value is -2.90. The minimum Gasteiger partial charge on any atom is -0.497 e. The minimum absolute atomic E-state index is 0.0180. The molecular formula is C27H38N4O4. The number of aromatic nitrogens is 2. The van der Waals surface area contributed by atoms with E-state index >= 15 is 0 Å². The number of ether oxygens (including phenoxy) is 1. The molecule has 2 aliphatic rings. The van der Waals surface area contributed by atoms with Gasteiger partial charge in [-0.2, -0.15) is 4.98 Å². The van der Waals surface area contributed by atoms with Gasteiger partial charge >= 0.3 is 0 Å². The third kappa shape index (κ3) is 6.21. The molecule has 0 radical (unpaired) electrons. The van der Waals surface area contributed by atoms with E-state index in [1.54, 1.807) is 7.11 Å². The van der Waals surface area contributed by atoms with Crippen LogP contribution >= 0.6 is 0 Å². The second-order valence-corrected chi connectivity index (χ2v) is 10.1. The van der Waals surface area contributed by atoms with Crippen LogP contribution in [0.25, 0.3) is 0 Å². The summed E-state index contributed by atoms with van der Waals surface area (Å²) in [6.45, 7) is 5.44. The Morgan fingerprint density at radius 3 is 2.66 bits per heavy atom. The first-order chi connectivity index (χ1) is 17.0. The summed E-state index contributed by atoms with van der Waals surface area (Å²) in [5.41, 5.74) is 1.10. The summed E-state index contributed by atoms with van der Waals surface area (Å²) in [6.07, 6.45) is 6.42. The van der Waals surface area contributed by atoms with Gasteiger partial charge in [0, 0.05) is 37.4 Å². The van der Waals surface area contributed by atoms with Crippen molar-refractivity contribution in [3.63, 3.8) is 0 Å². The molecule has 8 heteroatoms. The highest BCUT2D eigenvalue weighted by Crippen LogP contribution is 2.41. The van der Waals surface area contributed by atoms with E-state index in [-0.39, 0.29) is 35.6 Å². The molecule has 1 aromatic carbocycles. The van der Waals surface area contributed by atoms with Gasteiger partial charge in [0.05, 0.1) is 13.0 Å². The third-order valence-electron chi connectivity index (χ3n) is 7.32. The van der Waals surface area contributed by atoms with Crippen LogP contribution in [0, 0.1) is 5.92 Å². The predicted molar refractivity (Wildman–Crippen MR) is 132 cm³/mol. The summed E-state index contributed by atoms with van der Waals surface area (Å²) in [5, 5.41) is 7.25. The van der Waals surface area contributed by atoms with Crippen LogP contribution in [0.5, 0.6) is 5.75 Å². The molecule has 8 nitrogen and oxygen atoms in total. The van der Waals surface area contributed by atoms with Gasteiger partial charge in [0.15, 0.2) is 5.82 Å². The first-order valence-electron chi connectivity index (χ1n) is 13.0. The minimum atomic E-state index is -0.266. The van der Waals surface area contributed by atoms with E-state index in [4.69, 9.17) is 9.26 Å². The largest absolute Gasteiger partial charge is 0.497 e. The molecule has 2 aromatic rings. The zero-order chi connectivity index (χ0) is 24.8. The fourth-order valence-corrected chi connectivity index (χ4v) is 5.26. The van der Waals surface area contributed by atoms with Gasteiger partial charge in [-0.05, 0) is 49.8 Å². The fourth-order valence-electron chi connectivity index (χ4n) is 5.26. The average Bonchev–Trinajstić information content (AvgIpc) is 3.52. The fraction of sp³-hybridized carbons (Fsp3) is 0.630. The molecule has 35 heavy (non-hydrogen) atoms. The molecule has 2 fully saturated rings. The van der Waals surface area contributed by atoms with Crippen LogP contribution in [0.2, 0.25) is 0 Å². The van der Waals surface area contributed by atoms with Crippen molar-refractivity contribution in [3.8, 4) is 5.75 Å². The number of carbonyl (C=O) groups excluding carboxylic acids is 2. The van der Waals surface area contributed by atoms with Crippen LogP contribution in [-0.2, 0) is 16.0 Å². The SMILES string of the molecule is COc1ccc(CCC(=O)N2CCCCCCNC(=O)[C@@H]3C[C@@H](c4nc(C(C)C)no4)C[C@@H]32)cc1. The normalized spacial score (nSPS) is 23.5. The van der Waals surface area contributed by atoms with Crippen molar-refractivity contribution in [3.05, 3.63) is 41.5 Å². The molecule has 1 N–H and O–H groups in total. The summed E-state index contributed by atoms with van der Waals surface area (Å²) in [6, 6.07) is 7.69. The van der Waals surface area contributed by atoms with E-state index in [9.17, 15) is 9.59 Å². The van der Waals surface area contributed by atoms with Crippen LogP contribution in [0.4, 0.5) is 0 Å². The van der Waals surface area contributed by atoms with Crippen LogP contribution < -0.4 is 10.1 Å². The molecule has 0 unspecified atom stereocenters. The van der Waals surface area contributed by atoms with Gasteiger partial charge in [-0.1, -0.05) is 44.0 Å². The topological polar surface area (TPSA) is 97.6 Å². The van der Waals surface area contributed by atoms with Crippen molar-refractivity contribution >= 4 is 11.8 Å². The molecule has 1 aliphatic heterocycles. The number of hydrogen-bond acceptors (Lipinski definition) is 6. The van der Waals surface area contributed by atoms with E-state index < -0.39 is 0 Å². The molecule has 190 valence electrons. The average molecular weight is 483 g/mol. The zero-order valence-corrected chi connectivity index (χ0v) is 21.2. The lowest BCUT2D eigenvalue weighted by molar-refractivity contribution is -0.136. The standard InChI is InChI=1S/C27H38N4O4/c1-18(2)25-29-27(35-30-25)20-16-22-23(17-20)31(15-7-5-4-6-14-28-26(22)33)24(32)13-10-19-8-11-21(34-3)12-9-19/h8-9,11-12,18,20,22-23H,4-7,10,13-17H2,1-3H3,(H,28,33)/t20-,22-,23+/m1/s1. The van der Waals surface area contributed by atoms with Gasteiger partial charge in [0.25, 0.3) is 0 Å². The smallest absolute Gasteiger partial charge is 0.229 e. The lowest BCUT2D eigenvalue weighted by Gasteiger charge is -2.33. The molecule has 1 saturated heterocycles. The van der Waals surface area contributed by atoms with Gasteiger partial charge < -0.3 is 19.5 Å². The molecule has 2 heterocycles. The maximum absolute atomic E-state index is 13.5. The number of aryl methyl sites for hydroxylation is 1. The maximum Gasteiger partial charge on any atom is 0.229 e. The molecule has 3 atom stereocenters. The highest BCUT2D eigenvalue weighted by atomic mass is 16.5. The van der Waals surface area contributed by atoms with Crippen LogP contribution in [-0.4, -0.2) is 53.1 Å². The van der Waals surface area contributed by atoms with Crippen molar-refractivity contribution < 1.29 is 18.8 Å². The molecule has 2 amide bonds. The van der Waals surface area contributed by atoms with Crippen LogP contribution in [0.15, 0.2) is 28.8 Å². The third-order valence-corrected chi connectivity index (χ3v) is 7.32. The van der Waals surface area contributed by atoms with Gasteiger partial charge in [-0.15, -0.1) is 0 Å². The Balaban J connectivity index is 1.52. The van der Waals surface area contributed by atoms with Crippen LogP contribution in [0.3, 0.4) is 0 Å². The van der Waals surface area contributed by atoms with E-state index in [2.05, 4.69) is 15.5 Å². The van der Waals surface area contributed by atoms with Gasteiger partial charge in [-0.3, -0.25) is 9.59 Å². The number of methoxy groups -OCH3 is 1. The molecular weight excluding hydrogens is 444 g/mol. The highest BCUT2D eigenvalue weighted by Gasteiger charge is 2.45. The van der Waals surface area contributed by atoms with Crippen molar-refractivity contribution in [2.75, 3.05) is 20.2 Å². The summed E-state index contributed by atoms with van der Waals surface area (Å²) >= 11 is 0. The number of benzene rings is 1. The van der Waals surface area contributed by atoms with E-state index in [0.717, 1.165) is 37.0 Å². The lowest BCUT2D eigenvalue weighted by Crippen LogP contribution is -2.47. The Morgan fingerprint density at radius 2 is 1.94 bits per heavy atom. The number of nitrogens with zero attached hydrogens (tertiary/aromatic N) is 3. The predicted octanol–water partition coefficient (Wildman–Crippen LogP) is 4.22.